The molecule has 0 aliphatic carbocycles. The molecule has 1 unspecified atom stereocenters. The van der Waals surface area contributed by atoms with Crippen LogP contribution < -0.4 is 15.8 Å². The van der Waals surface area contributed by atoms with Crippen molar-refractivity contribution in [2.24, 2.45) is 5.73 Å². The van der Waals surface area contributed by atoms with Crippen LogP contribution in [0.25, 0.3) is 10.1 Å². The van der Waals surface area contributed by atoms with Crippen molar-refractivity contribution in [3.05, 3.63) is 93.8 Å². The summed E-state index contributed by atoms with van der Waals surface area (Å²) in [5.41, 5.74) is 8.09. The van der Waals surface area contributed by atoms with Crippen molar-refractivity contribution in [2.75, 3.05) is 25.2 Å². The number of nitrogens with zero attached hydrogens (tertiary/aromatic N) is 1. The van der Waals surface area contributed by atoms with Gasteiger partial charge >= 0.3 is 0 Å². The van der Waals surface area contributed by atoms with Crippen LogP contribution in [0, 0.1) is 0 Å². The molecule has 0 fully saturated rings. The Morgan fingerprint density at radius 2 is 1.78 bits per heavy atom. The minimum Gasteiger partial charge on any atom is -0.497 e. The van der Waals surface area contributed by atoms with E-state index >= 15 is 0 Å². The van der Waals surface area contributed by atoms with E-state index in [1.54, 1.807) is 57.5 Å². The van der Waals surface area contributed by atoms with Gasteiger partial charge < -0.3 is 15.8 Å². The number of halogens is 1. The molecule has 0 aliphatic heterocycles. The number of thiophene rings is 1. The number of methoxy groups -OCH3 is 1. The molecule has 3 N–H and O–H groups in total. The molecule has 4 aromatic rings. The third kappa shape index (κ3) is 6.31. The second kappa shape index (κ2) is 10.8. The predicted molar refractivity (Wildman–Crippen MR) is 151 cm³/mol. The lowest BCUT2D eigenvalue weighted by Crippen LogP contribution is -2.44. The van der Waals surface area contributed by atoms with Crippen LogP contribution in [0.15, 0.2) is 72.1 Å². The molecular weight excluding hydrogens is 530 g/mol. The smallest absolute Gasteiger partial charge is 0.255 e. The van der Waals surface area contributed by atoms with Crippen LogP contribution >= 0.6 is 22.9 Å². The summed E-state index contributed by atoms with van der Waals surface area (Å²) in [5, 5.41) is 6.12. The van der Waals surface area contributed by atoms with Crippen molar-refractivity contribution in [2.45, 2.75) is 19.0 Å². The fourth-order valence-corrected chi connectivity index (χ4v) is 6.70. The molecule has 0 aliphatic rings. The summed E-state index contributed by atoms with van der Waals surface area (Å²) < 4.78 is 33.9. The first-order valence-electron chi connectivity index (χ1n) is 11.4. The van der Waals surface area contributed by atoms with Gasteiger partial charge in [-0.3, -0.25) is 4.79 Å². The first kappa shape index (κ1) is 27.1. The number of benzene rings is 3. The molecule has 1 amide bonds. The number of nitrogens with two attached hydrogens (primary N) is 1. The van der Waals surface area contributed by atoms with Crippen LogP contribution in [-0.4, -0.2) is 38.5 Å². The van der Waals surface area contributed by atoms with Gasteiger partial charge in [0.2, 0.25) is 10.0 Å². The Balaban J connectivity index is 1.53. The number of carbonyl (C=O) groups excluding carboxylic acids is 1. The number of rotatable bonds is 9. The molecule has 194 valence electrons. The van der Waals surface area contributed by atoms with Crippen LogP contribution in [0.3, 0.4) is 0 Å². The molecule has 0 radical (unpaired) electrons. The number of nitrogens with one attached hydrogen (secondary N) is 1. The summed E-state index contributed by atoms with van der Waals surface area (Å²) >= 11 is 7.39. The third-order valence-electron chi connectivity index (χ3n) is 6.07. The zero-order valence-electron chi connectivity index (χ0n) is 20.7. The predicted octanol–water partition coefficient (Wildman–Crippen LogP) is 5.45. The first-order chi connectivity index (χ1) is 17.5. The fraction of sp³-hybridized carbons (Fsp3) is 0.222. The number of fused-ring (bicyclic) bond motifs is 1. The Labute approximate surface area is 225 Å². The van der Waals surface area contributed by atoms with E-state index in [4.69, 9.17) is 22.1 Å². The van der Waals surface area contributed by atoms with E-state index in [0.717, 1.165) is 15.6 Å². The highest BCUT2D eigenvalue weighted by Crippen LogP contribution is 2.35. The van der Waals surface area contributed by atoms with Gasteiger partial charge in [0.25, 0.3) is 5.91 Å². The van der Waals surface area contributed by atoms with Gasteiger partial charge in [0.1, 0.15) is 5.75 Å². The molecule has 0 saturated heterocycles. The number of anilines is 1. The molecule has 0 bridgehead atoms. The topological polar surface area (TPSA) is 102 Å². The van der Waals surface area contributed by atoms with E-state index in [-0.39, 0.29) is 18.2 Å². The number of sulfonamides is 1. The monoisotopic (exact) mass is 557 g/mol. The molecule has 3 aromatic carbocycles. The number of carbonyl (C=O) groups is 1. The van der Waals surface area contributed by atoms with Crippen LogP contribution in [0.2, 0.25) is 5.02 Å². The van der Waals surface area contributed by atoms with Crippen molar-refractivity contribution >= 4 is 54.6 Å². The van der Waals surface area contributed by atoms with Gasteiger partial charge in [-0.15, -0.1) is 11.3 Å². The molecule has 0 saturated carbocycles. The lowest BCUT2D eigenvalue weighted by molar-refractivity contribution is 0.102. The quantitative estimate of drug-likeness (QED) is 0.285. The fourth-order valence-electron chi connectivity index (χ4n) is 4.01. The van der Waals surface area contributed by atoms with E-state index in [1.807, 2.05) is 35.7 Å². The normalized spacial score (nSPS) is 13.5. The van der Waals surface area contributed by atoms with Crippen molar-refractivity contribution in [1.29, 1.82) is 0 Å². The Hall–Kier alpha value is -2.95. The second-order valence-electron chi connectivity index (χ2n) is 9.10. The average Bonchev–Trinajstić information content (AvgIpc) is 3.28. The van der Waals surface area contributed by atoms with Crippen LogP contribution in [0.1, 0.15) is 28.4 Å². The summed E-state index contributed by atoms with van der Waals surface area (Å²) in [5.74, 6) is 0.155. The molecule has 1 atom stereocenters. The first-order valence-corrected chi connectivity index (χ1v) is 14.3. The van der Waals surface area contributed by atoms with E-state index in [9.17, 15) is 13.2 Å². The molecule has 1 heterocycles. The lowest BCUT2D eigenvalue weighted by atomic mass is 9.95. The molecule has 10 heteroatoms. The maximum atomic E-state index is 13.3. The van der Waals surface area contributed by atoms with Crippen LogP contribution in [0.5, 0.6) is 5.75 Å². The zero-order chi connectivity index (χ0) is 26.8. The van der Waals surface area contributed by atoms with Crippen LogP contribution in [0.4, 0.5) is 5.69 Å². The number of hydrogen-bond acceptors (Lipinski definition) is 6. The average molecular weight is 558 g/mol. The summed E-state index contributed by atoms with van der Waals surface area (Å²) in [4.78, 5) is 12.7. The largest absolute Gasteiger partial charge is 0.497 e. The summed E-state index contributed by atoms with van der Waals surface area (Å²) in [6.07, 6.45) is 0. The molecule has 37 heavy (non-hydrogen) atoms. The summed E-state index contributed by atoms with van der Waals surface area (Å²) in [6, 6.07) is 19.4. The maximum Gasteiger partial charge on any atom is 0.255 e. The van der Waals surface area contributed by atoms with Gasteiger partial charge in [0.05, 0.1) is 18.4 Å². The second-order valence-corrected chi connectivity index (χ2v) is 12.5. The van der Waals surface area contributed by atoms with Crippen LogP contribution in [-0.2, 0) is 22.1 Å². The minimum absolute atomic E-state index is 0.216. The van der Waals surface area contributed by atoms with E-state index in [2.05, 4.69) is 5.32 Å². The summed E-state index contributed by atoms with van der Waals surface area (Å²) in [6.45, 7) is 1.93. The van der Waals surface area contributed by atoms with Crippen molar-refractivity contribution in [1.82, 2.24) is 4.31 Å². The van der Waals surface area contributed by atoms with E-state index in [1.165, 1.54) is 15.6 Å². The number of ether oxygens (including phenoxy) is 1. The Bertz CT molecular complexity index is 1520. The third-order valence-corrected chi connectivity index (χ3v) is 9.33. The van der Waals surface area contributed by atoms with E-state index in [0.29, 0.717) is 27.6 Å². The van der Waals surface area contributed by atoms with Crippen molar-refractivity contribution < 1.29 is 17.9 Å². The maximum absolute atomic E-state index is 13.3. The van der Waals surface area contributed by atoms with Crippen molar-refractivity contribution in [3.8, 4) is 5.75 Å². The van der Waals surface area contributed by atoms with Gasteiger partial charge in [0, 0.05) is 34.6 Å². The Morgan fingerprint density at radius 1 is 1.11 bits per heavy atom. The Kier molecular flexibility index (Phi) is 7.91. The van der Waals surface area contributed by atoms with Gasteiger partial charge in [-0.05, 0) is 83.4 Å². The molecule has 1 aromatic heterocycles. The zero-order valence-corrected chi connectivity index (χ0v) is 23.1. The summed E-state index contributed by atoms with van der Waals surface area (Å²) in [7, 11) is -0.565. The van der Waals surface area contributed by atoms with Gasteiger partial charge in [-0.1, -0.05) is 23.7 Å². The van der Waals surface area contributed by atoms with E-state index < -0.39 is 15.6 Å². The highest BCUT2D eigenvalue weighted by atomic mass is 35.5. The molecular formula is C27H28ClN3O4S2. The minimum atomic E-state index is -3.69. The van der Waals surface area contributed by atoms with Gasteiger partial charge in [-0.25, -0.2) is 12.7 Å². The lowest BCUT2D eigenvalue weighted by Gasteiger charge is -2.27. The van der Waals surface area contributed by atoms with Gasteiger partial charge in [-0.2, -0.15) is 0 Å². The van der Waals surface area contributed by atoms with Gasteiger partial charge in [0.15, 0.2) is 0 Å². The molecule has 4 rings (SSSR count). The number of hydrogen-bond donors (Lipinski definition) is 2. The highest BCUT2D eigenvalue weighted by Gasteiger charge is 2.33. The number of amides is 1. The molecule has 7 nitrogen and oxygen atoms in total. The van der Waals surface area contributed by atoms with Crippen molar-refractivity contribution in [3.63, 3.8) is 0 Å². The Morgan fingerprint density at radius 3 is 2.43 bits per heavy atom. The SMILES string of the molecule is COc1ccc(CN(C)S(=O)(=O)CC(C)(N)c2csc3ccc(NC(=O)c4ccc(Cl)cc4)cc23)cc1. The standard InChI is InChI=1S/C27H28ClN3O4S2/c1-27(29,17-37(33,34)31(2)15-18-4-11-22(35-3)12-5-18)24-16-36-25-13-10-21(14-23(24)25)30-26(32)19-6-8-20(28)9-7-19/h4-14,16H,15,17,29H2,1-3H3,(H,30,32). The molecule has 0 spiro atoms. The highest BCUT2D eigenvalue weighted by molar-refractivity contribution is 7.89.